The number of nitrogens with two attached hydrogens (primary N) is 1. The molecule has 3 nitrogen and oxygen atoms in total. The smallest absolute Gasteiger partial charge is 0.164 e. The van der Waals surface area contributed by atoms with Gasteiger partial charge in [-0.3, -0.25) is 0 Å². The molecule has 0 bridgehead atoms. The minimum absolute atomic E-state index is 0.705. The van der Waals surface area contributed by atoms with Gasteiger partial charge in [-0.15, -0.1) is 0 Å². The van der Waals surface area contributed by atoms with Gasteiger partial charge in [0.15, 0.2) is 5.82 Å². The van der Waals surface area contributed by atoms with E-state index in [9.17, 15) is 0 Å². The first-order chi connectivity index (χ1) is 9.15. The molecule has 0 aliphatic heterocycles. The number of benzene rings is 1. The molecular weight excluding hydrogens is 258 g/mol. The number of aromatic nitrogens is 2. The fraction of sp³-hybridized carbons (Fsp3) is 0.400. The van der Waals surface area contributed by atoms with Crippen molar-refractivity contribution < 1.29 is 5.32 Å². The number of quaternary nitrogens is 1. The van der Waals surface area contributed by atoms with Gasteiger partial charge < -0.3 is 9.88 Å². The Labute approximate surface area is 119 Å². The van der Waals surface area contributed by atoms with Gasteiger partial charge in [0, 0.05) is 29.9 Å². The molecule has 0 unspecified atom stereocenters. The second-order valence-corrected chi connectivity index (χ2v) is 5.66. The lowest BCUT2D eigenvalue weighted by molar-refractivity contribution is -0.676. The van der Waals surface area contributed by atoms with Crippen LogP contribution in [0.4, 0.5) is 0 Å². The molecule has 0 aliphatic rings. The third-order valence-corrected chi connectivity index (χ3v) is 3.24. The number of rotatable bonds is 6. The summed E-state index contributed by atoms with van der Waals surface area (Å²) in [6.45, 7) is 7.34. The number of nitrogens with zero attached hydrogens (tertiary/aromatic N) is 2. The number of hydrogen-bond acceptors (Lipinski definition) is 1. The Bertz CT molecular complexity index is 520. The molecule has 2 N–H and O–H groups in total. The van der Waals surface area contributed by atoms with Gasteiger partial charge in [-0.05, 0) is 17.7 Å². The topological polar surface area (TPSA) is 34.4 Å². The molecule has 102 valence electrons. The molecule has 0 fully saturated rings. The van der Waals surface area contributed by atoms with Gasteiger partial charge >= 0.3 is 0 Å². The molecule has 0 spiro atoms. The molecule has 1 aromatic carbocycles. The Hall–Kier alpha value is -1.32. The van der Waals surface area contributed by atoms with Crippen molar-refractivity contribution in [3.8, 4) is 0 Å². The van der Waals surface area contributed by atoms with E-state index in [1.54, 1.807) is 0 Å². The van der Waals surface area contributed by atoms with Crippen LogP contribution in [0.5, 0.6) is 0 Å². The van der Waals surface area contributed by atoms with Crippen molar-refractivity contribution >= 4 is 11.6 Å². The summed E-state index contributed by atoms with van der Waals surface area (Å²) in [4.78, 5) is 4.43. The first-order valence-corrected chi connectivity index (χ1v) is 7.09. The lowest BCUT2D eigenvalue weighted by atomic mass is 10.2. The fourth-order valence-corrected chi connectivity index (χ4v) is 2.26. The van der Waals surface area contributed by atoms with Crippen molar-refractivity contribution in [2.45, 2.75) is 26.9 Å². The summed E-state index contributed by atoms with van der Waals surface area (Å²) >= 11 is 6.01. The van der Waals surface area contributed by atoms with Gasteiger partial charge in [0.2, 0.25) is 0 Å². The highest BCUT2D eigenvalue weighted by Gasteiger charge is 2.06. The summed E-state index contributed by atoms with van der Waals surface area (Å²) in [5.41, 5.74) is 1.20. The van der Waals surface area contributed by atoms with Crippen LogP contribution in [0.3, 0.4) is 0 Å². The van der Waals surface area contributed by atoms with E-state index in [0.717, 1.165) is 30.5 Å². The molecule has 19 heavy (non-hydrogen) atoms. The summed E-state index contributed by atoms with van der Waals surface area (Å²) in [6.07, 6.45) is 3.89. The van der Waals surface area contributed by atoms with E-state index in [1.165, 1.54) is 5.56 Å². The molecule has 0 saturated carbocycles. The van der Waals surface area contributed by atoms with Gasteiger partial charge in [-0.25, -0.2) is 4.98 Å². The van der Waals surface area contributed by atoms with E-state index in [1.807, 2.05) is 30.6 Å². The molecule has 1 heterocycles. The Balaban J connectivity index is 1.99. The summed E-state index contributed by atoms with van der Waals surface area (Å²) in [5, 5.41) is 3.09. The van der Waals surface area contributed by atoms with Crippen molar-refractivity contribution in [3.63, 3.8) is 0 Å². The monoisotopic (exact) mass is 278 g/mol. The maximum Gasteiger partial charge on any atom is 0.164 e. The van der Waals surface area contributed by atoms with Crippen LogP contribution in [0.1, 0.15) is 25.2 Å². The maximum absolute atomic E-state index is 6.01. The highest BCUT2D eigenvalue weighted by Crippen LogP contribution is 2.12. The van der Waals surface area contributed by atoms with Crippen molar-refractivity contribution in [3.05, 3.63) is 53.1 Å². The van der Waals surface area contributed by atoms with E-state index in [4.69, 9.17) is 11.6 Å². The third kappa shape index (κ3) is 4.37. The average molecular weight is 279 g/mol. The van der Waals surface area contributed by atoms with Crippen LogP contribution >= 0.6 is 11.6 Å². The first kappa shape index (κ1) is 14.1. The van der Waals surface area contributed by atoms with Gasteiger partial charge in [-0.1, -0.05) is 37.6 Å². The third-order valence-electron chi connectivity index (χ3n) is 3.01. The first-order valence-electron chi connectivity index (χ1n) is 6.71. The van der Waals surface area contributed by atoms with Crippen LogP contribution in [-0.2, 0) is 13.1 Å². The molecule has 1 aromatic heterocycles. The molecule has 0 amide bonds. The molecular formula is C15H21ClN3+. The van der Waals surface area contributed by atoms with Crippen LogP contribution < -0.4 is 5.32 Å². The predicted molar refractivity (Wildman–Crippen MR) is 78.1 cm³/mol. The van der Waals surface area contributed by atoms with E-state index < -0.39 is 0 Å². The molecule has 0 aliphatic carbocycles. The Morgan fingerprint density at radius 3 is 2.95 bits per heavy atom. The number of halogens is 1. The van der Waals surface area contributed by atoms with E-state index in [-0.39, 0.29) is 0 Å². The quantitative estimate of drug-likeness (QED) is 0.864. The highest BCUT2D eigenvalue weighted by atomic mass is 35.5. The minimum atomic E-state index is 0.705. The molecule has 0 radical (unpaired) electrons. The summed E-state index contributed by atoms with van der Waals surface area (Å²) in [7, 11) is 0. The van der Waals surface area contributed by atoms with Crippen LogP contribution in [0.25, 0.3) is 0 Å². The molecule has 0 saturated heterocycles. The predicted octanol–water partition coefficient (Wildman–Crippen LogP) is 2.30. The molecule has 0 atom stereocenters. The van der Waals surface area contributed by atoms with Gasteiger partial charge in [-0.2, -0.15) is 0 Å². The number of imidazole rings is 1. The minimum Gasteiger partial charge on any atom is -0.340 e. The van der Waals surface area contributed by atoms with Crippen LogP contribution in [0.15, 0.2) is 36.7 Å². The van der Waals surface area contributed by atoms with Crippen LogP contribution in [0.2, 0.25) is 5.02 Å². The molecule has 2 rings (SSSR count). The normalized spacial score (nSPS) is 11.2. The van der Waals surface area contributed by atoms with E-state index >= 15 is 0 Å². The Morgan fingerprint density at radius 2 is 2.21 bits per heavy atom. The van der Waals surface area contributed by atoms with E-state index in [2.05, 4.69) is 34.8 Å². The summed E-state index contributed by atoms with van der Waals surface area (Å²) in [6, 6.07) is 7.98. The van der Waals surface area contributed by atoms with Crippen molar-refractivity contribution in [2.75, 3.05) is 6.54 Å². The van der Waals surface area contributed by atoms with Crippen molar-refractivity contribution in [1.82, 2.24) is 9.55 Å². The lowest BCUT2D eigenvalue weighted by Crippen LogP contribution is -2.83. The zero-order chi connectivity index (χ0) is 13.7. The van der Waals surface area contributed by atoms with Crippen molar-refractivity contribution in [1.29, 1.82) is 0 Å². The van der Waals surface area contributed by atoms with Gasteiger partial charge in [0.1, 0.15) is 6.54 Å². The SMILES string of the molecule is CC(C)C[NH2+]Cc1nccn1Cc1cccc(Cl)c1. The van der Waals surface area contributed by atoms with Crippen LogP contribution in [0, 0.1) is 5.92 Å². The largest absolute Gasteiger partial charge is 0.340 e. The highest BCUT2D eigenvalue weighted by molar-refractivity contribution is 6.30. The maximum atomic E-state index is 6.01. The Kier molecular flexibility index (Phi) is 5.00. The second kappa shape index (κ2) is 6.73. The van der Waals surface area contributed by atoms with Gasteiger partial charge in [0.05, 0.1) is 6.54 Å². The van der Waals surface area contributed by atoms with Gasteiger partial charge in [0.25, 0.3) is 0 Å². The standard InChI is InChI=1S/C15H20ClN3/c1-12(2)9-17-10-15-18-6-7-19(15)11-13-4-3-5-14(16)8-13/h3-8,12,17H,9-11H2,1-2H3/p+1. The second-order valence-electron chi connectivity index (χ2n) is 5.22. The average Bonchev–Trinajstić information content (AvgIpc) is 2.76. The summed E-state index contributed by atoms with van der Waals surface area (Å²) in [5.74, 6) is 1.82. The molecule has 2 aromatic rings. The zero-order valence-electron chi connectivity index (χ0n) is 11.5. The van der Waals surface area contributed by atoms with Crippen LogP contribution in [-0.4, -0.2) is 16.1 Å². The Morgan fingerprint density at radius 1 is 1.37 bits per heavy atom. The number of hydrogen-bond donors (Lipinski definition) is 1. The summed E-state index contributed by atoms with van der Waals surface area (Å²) < 4.78 is 2.18. The lowest BCUT2D eigenvalue weighted by Gasteiger charge is -2.08. The fourth-order valence-electron chi connectivity index (χ4n) is 2.05. The zero-order valence-corrected chi connectivity index (χ0v) is 12.3. The molecule has 4 heteroatoms. The van der Waals surface area contributed by atoms with E-state index in [0.29, 0.717) is 5.92 Å². The van der Waals surface area contributed by atoms with Crippen molar-refractivity contribution in [2.24, 2.45) is 5.92 Å².